The van der Waals surface area contributed by atoms with Crippen LogP contribution >= 0.6 is 23.4 Å². The molecule has 0 saturated heterocycles. The van der Waals surface area contributed by atoms with Gasteiger partial charge in [-0.3, -0.25) is 0 Å². The molecular formula is C12H18ClNS. The van der Waals surface area contributed by atoms with Crippen molar-refractivity contribution >= 4 is 23.4 Å². The summed E-state index contributed by atoms with van der Waals surface area (Å²) >= 11 is 7.70. The first kappa shape index (κ1) is 12.9. The number of thioether (sulfide) groups is 1. The van der Waals surface area contributed by atoms with Crippen molar-refractivity contribution < 1.29 is 0 Å². The summed E-state index contributed by atoms with van der Waals surface area (Å²) in [6, 6.07) is 8.04. The van der Waals surface area contributed by atoms with Gasteiger partial charge in [0, 0.05) is 9.92 Å². The molecule has 1 rings (SSSR count). The van der Waals surface area contributed by atoms with Crippen LogP contribution in [0.4, 0.5) is 0 Å². The number of nitrogens with one attached hydrogen (secondary N) is 1. The van der Waals surface area contributed by atoms with Crippen molar-refractivity contribution in [2.24, 2.45) is 0 Å². The molecule has 1 nitrogen and oxygen atoms in total. The van der Waals surface area contributed by atoms with Crippen LogP contribution < -0.4 is 5.32 Å². The van der Waals surface area contributed by atoms with Gasteiger partial charge in [-0.1, -0.05) is 18.5 Å². The first-order valence-corrected chi connectivity index (χ1v) is 6.78. The Morgan fingerprint density at radius 3 is 2.60 bits per heavy atom. The van der Waals surface area contributed by atoms with E-state index < -0.39 is 0 Å². The zero-order chi connectivity index (χ0) is 10.9. The van der Waals surface area contributed by atoms with Gasteiger partial charge in [-0.2, -0.15) is 0 Å². The van der Waals surface area contributed by atoms with E-state index in [0.717, 1.165) is 18.1 Å². The number of halogens is 1. The fourth-order valence-electron chi connectivity index (χ4n) is 1.22. The molecule has 84 valence electrons. The van der Waals surface area contributed by atoms with Crippen LogP contribution in [-0.4, -0.2) is 18.8 Å². The summed E-state index contributed by atoms with van der Waals surface area (Å²) in [4.78, 5) is 1.30. The molecule has 0 aliphatic rings. The summed E-state index contributed by atoms with van der Waals surface area (Å²) in [5.41, 5.74) is 0. The Labute approximate surface area is 102 Å². The quantitative estimate of drug-likeness (QED) is 0.577. The Bertz CT molecular complexity index is 261. The molecule has 1 aromatic carbocycles. The Kier molecular flexibility index (Phi) is 6.90. The second kappa shape index (κ2) is 8.03. The highest BCUT2D eigenvalue weighted by molar-refractivity contribution is 7.99. The minimum absolute atomic E-state index is 0.809. The van der Waals surface area contributed by atoms with Gasteiger partial charge in [0.15, 0.2) is 0 Å². The molecule has 0 heterocycles. The van der Waals surface area contributed by atoms with Crippen LogP contribution in [0.1, 0.15) is 19.8 Å². The van der Waals surface area contributed by atoms with Crippen molar-refractivity contribution in [2.75, 3.05) is 18.8 Å². The fourth-order valence-corrected chi connectivity index (χ4v) is 2.20. The Morgan fingerprint density at radius 2 is 1.93 bits per heavy atom. The third kappa shape index (κ3) is 6.08. The fraction of sp³-hybridized carbons (Fsp3) is 0.500. The highest BCUT2D eigenvalue weighted by Gasteiger charge is 1.94. The van der Waals surface area contributed by atoms with Crippen LogP contribution in [-0.2, 0) is 0 Å². The van der Waals surface area contributed by atoms with Gasteiger partial charge in [-0.25, -0.2) is 0 Å². The summed E-state index contributed by atoms with van der Waals surface area (Å²) in [7, 11) is 0. The van der Waals surface area contributed by atoms with Gasteiger partial charge in [-0.15, -0.1) is 11.8 Å². The van der Waals surface area contributed by atoms with Gasteiger partial charge in [0.1, 0.15) is 0 Å². The average Bonchev–Trinajstić information content (AvgIpc) is 2.26. The molecule has 1 aromatic rings. The lowest BCUT2D eigenvalue weighted by Gasteiger charge is -2.03. The van der Waals surface area contributed by atoms with Crippen LogP contribution in [0.15, 0.2) is 29.2 Å². The predicted molar refractivity (Wildman–Crippen MR) is 70.0 cm³/mol. The van der Waals surface area contributed by atoms with Crippen LogP contribution in [0.25, 0.3) is 0 Å². The van der Waals surface area contributed by atoms with Gasteiger partial charge in [0.25, 0.3) is 0 Å². The maximum absolute atomic E-state index is 5.81. The number of rotatable bonds is 7. The summed E-state index contributed by atoms with van der Waals surface area (Å²) in [6.07, 6.45) is 2.43. The lowest BCUT2D eigenvalue weighted by Crippen LogP contribution is -2.16. The third-order valence-electron chi connectivity index (χ3n) is 2.01. The standard InChI is InChI=1S/C12H18ClNS/c1-2-8-14-9-3-10-15-12-6-4-11(13)5-7-12/h4-7,14H,2-3,8-10H2,1H3. The normalized spacial score (nSPS) is 10.5. The van der Waals surface area contributed by atoms with Gasteiger partial charge in [0.05, 0.1) is 0 Å². The van der Waals surface area contributed by atoms with Gasteiger partial charge >= 0.3 is 0 Å². The molecule has 3 heteroatoms. The van der Waals surface area contributed by atoms with Crippen LogP contribution in [0, 0.1) is 0 Å². The van der Waals surface area contributed by atoms with Crippen molar-refractivity contribution in [1.29, 1.82) is 0 Å². The second-order valence-corrected chi connectivity index (χ2v) is 5.01. The molecule has 0 aliphatic heterocycles. The zero-order valence-corrected chi connectivity index (χ0v) is 10.7. The smallest absolute Gasteiger partial charge is 0.0406 e. The molecule has 0 unspecified atom stereocenters. The molecule has 0 amide bonds. The first-order chi connectivity index (χ1) is 7.33. The minimum atomic E-state index is 0.809. The molecular weight excluding hydrogens is 226 g/mol. The molecule has 0 radical (unpaired) electrons. The SMILES string of the molecule is CCCNCCCSc1ccc(Cl)cc1. The van der Waals surface area contributed by atoms with E-state index in [2.05, 4.69) is 24.4 Å². The molecule has 0 aliphatic carbocycles. The Balaban J connectivity index is 2.07. The summed E-state index contributed by atoms with van der Waals surface area (Å²) in [5, 5.41) is 4.21. The predicted octanol–water partition coefficient (Wildman–Crippen LogP) is 3.82. The van der Waals surface area contributed by atoms with E-state index in [1.807, 2.05) is 23.9 Å². The van der Waals surface area contributed by atoms with E-state index in [0.29, 0.717) is 0 Å². The highest BCUT2D eigenvalue weighted by atomic mass is 35.5. The average molecular weight is 244 g/mol. The largest absolute Gasteiger partial charge is 0.317 e. The number of benzene rings is 1. The zero-order valence-electron chi connectivity index (χ0n) is 9.13. The maximum atomic E-state index is 5.81. The van der Waals surface area contributed by atoms with E-state index in [4.69, 9.17) is 11.6 Å². The van der Waals surface area contributed by atoms with E-state index in [9.17, 15) is 0 Å². The molecule has 0 aromatic heterocycles. The monoisotopic (exact) mass is 243 g/mol. The van der Waals surface area contributed by atoms with Crippen LogP contribution in [0.5, 0.6) is 0 Å². The van der Waals surface area contributed by atoms with Crippen LogP contribution in [0.2, 0.25) is 5.02 Å². The first-order valence-electron chi connectivity index (χ1n) is 5.42. The van der Waals surface area contributed by atoms with E-state index in [-0.39, 0.29) is 0 Å². The number of hydrogen-bond donors (Lipinski definition) is 1. The molecule has 0 bridgehead atoms. The van der Waals surface area contributed by atoms with Gasteiger partial charge in [-0.05, 0) is 55.9 Å². The van der Waals surface area contributed by atoms with Crippen molar-refractivity contribution in [3.63, 3.8) is 0 Å². The molecule has 1 N–H and O–H groups in total. The lowest BCUT2D eigenvalue weighted by molar-refractivity contribution is 0.664. The third-order valence-corrected chi connectivity index (χ3v) is 3.36. The second-order valence-electron chi connectivity index (χ2n) is 3.41. The van der Waals surface area contributed by atoms with Crippen molar-refractivity contribution in [2.45, 2.75) is 24.7 Å². The van der Waals surface area contributed by atoms with Crippen LogP contribution in [0.3, 0.4) is 0 Å². The van der Waals surface area contributed by atoms with E-state index in [1.54, 1.807) is 0 Å². The molecule has 0 fully saturated rings. The number of hydrogen-bond acceptors (Lipinski definition) is 2. The molecule has 15 heavy (non-hydrogen) atoms. The minimum Gasteiger partial charge on any atom is -0.317 e. The maximum Gasteiger partial charge on any atom is 0.0406 e. The summed E-state index contributed by atoms with van der Waals surface area (Å²) in [5.74, 6) is 1.17. The molecule has 0 saturated carbocycles. The Hall–Kier alpha value is -0.180. The van der Waals surface area contributed by atoms with E-state index in [1.165, 1.54) is 23.5 Å². The van der Waals surface area contributed by atoms with Gasteiger partial charge in [0.2, 0.25) is 0 Å². The Morgan fingerprint density at radius 1 is 1.20 bits per heavy atom. The summed E-state index contributed by atoms with van der Waals surface area (Å²) in [6.45, 7) is 4.44. The highest BCUT2D eigenvalue weighted by Crippen LogP contribution is 2.20. The molecule has 0 atom stereocenters. The topological polar surface area (TPSA) is 12.0 Å². The lowest BCUT2D eigenvalue weighted by atomic mass is 10.4. The van der Waals surface area contributed by atoms with Crippen molar-refractivity contribution in [3.05, 3.63) is 29.3 Å². The van der Waals surface area contributed by atoms with Crippen molar-refractivity contribution in [1.82, 2.24) is 5.32 Å². The molecule has 0 spiro atoms. The van der Waals surface area contributed by atoms with Gasteiger partial charge < -0.3 is 5.32 Å². The summed E-state index contributed by atoms with van der Waals surface area (Å²) < 4.78 is 0. The van der Waals surface area contributed by atoms with Crippen molar-refractivity contribution in [3.8, 4) is 0 Å². The van der Waals surface area contributed by atoms with E-state index >= 15 is 0 Å².